The predicted octanol–water partition coefficient (Wildman–Crippen LogP) is 0.957. The number of hydrogen-bond donors (Lipinski definition) is 1. The van der Waals surface area contributed by atoms with E-state index >= 15 is 0 Å². The van der Waals surface area contributed by atoms with E-state index in [1.54, 1.807) is 12.1 Å². The number of carboxylic acid groups (broad SMARTS) is 1. The van der Waals surface area contributed by atoms with E-state index in [0.717, 1.165) is 5.56 Å². The maximum Gasteiger partial charge on any atom is 0.328 e. The highest BCUT2D eigenvalue weighted by atomic mass is 16.5. The fourth-order valence-electron chi connectivity index (χ4n) is 2.78. The van der Waals surface area contributed by atoms with Gasteiger partial charge in [0.1, 0.15) is 0 Å². The summed E-state index contributed by atoms with van der Waals surface area (Å²) in [6.07, 6.45) is 0.613. The van der Waals surface area contributed by atoms with E-state index in [9.17, 15) is 14.7 Å². The first-order valence-corrected chi connectivity index (χ1v) is 7.90. The van der Waals surface area contributed by atoms with Crippen LogP contribution in [0.4, 0.5) is 0 Å². The van der Waals surface area contributed by atoms with Crippen molar-refractivity contribution in [2.24, 2.45) is 0 Å². The first-order chi connectivity index (χ1) is 12.0. The molecule has 25 heavy (non-hydrogen) atoms. The van der Waals surface area contributed by atoms with Crippen molar-refractivity contribution in [2.75, 3.05) is 41.1 Å². The van der Waals surface area contributed by atoms with E-state index in [1.807, 2.05) is 0 Å². The summed E-state index contributed by atoms with van der Waals surface area (Å²) in [5, 5.41) is 9.22. The van der Waals surface area contributed by atoms with Crippen LogP contribution >= 0.6 is 0 Å². The van der Waals surface area contributed by atoms with Crippen LogP contribution in [0.2, 0.25) is 0 Å². The second-order valence-electron chi connectivity index (χ2n) is 5.55. The van der Waals surface area contributed by atoms with Gasteiger partial charge in [-0.05, 0) is 24.1 Å². The van der Waals surface area contributed by atoms with Crippen LogP contribution < -0.4 is 14.2 Å². The lowest BCUT2D eigenvalue weighted by Gasteiger charge is -2.33. The van der Waals surface area contributed by atoms with Gasteiger partial charge < -0.3 is 29.0 Å². The second-order valence-corrected chi connectivity index (χ2v) is 5.55. The van der Waals surface area contributed by atoms with Crippen LogP contribution in [-0.4, -0.2) is 69.0 Å². The van der Waals surface area contributed by atoms with Gasteiger partial charge in [0.25, 0.3) is 0 Å². The van der Waals surface area contributed by atoms with Crippen LogP contribution in [0.5, 0.6) is 17.2 Å². The van der Waals surface area contributed by atoms with Gasteiger partial charge in [-0.25, -0.2) is 4.79 Å². The Hall–Kier alpha value is -2.48. The molecule has 0 radical (unpaired) electrons. The standard InChI is InChI=1S/C17H23NO7/c1-22-13-8-11(9-14(23-2)16(13)24-3)4-5-15(19)18-6-7-25-10-12(18)17(20)21/h8-9,12H,4-7,10H2,1-3H3,(H,20,21). The number of aliphatic carboxylic acids is 1. The molecule has 1 aromatic carbocycles. The number of rotatable bonds is 7. The fourth-order valence-corrected chi connectivity index (χ4v) is 2.78. The Balaban J connectivity index is 2.09. The molecule has 1 heterocycles. The topological polar surface area (TPSA) is 94.5 Å². The number of morpholine rings is 1. The van der Waals surface area contributed by atoms with E-state index in [-0.39, 0.29) is 25.5 Å². The summed E-state index contributed by atoms with van der Waals surface area (Å²) in [6.45, 7) is 0.649. The molecule has 1 fully saturated rings. The number of carbonyl (C=O) groups excluding carboxylic acids is 1. The number of carboxylic acids is 1. The molecule has 8 heteroatoms. The normalized spacial score (nSPS) is 17.1. The fraction of sp³-hybridized carbons (Fsp3) is 0.529. The van der Waals surface area contributed by atoms with Crippen LogP contribution in [0.25, 0.3) is 0 Å². The van der Waals surface area contributed by atoms with Crippen molar-refractivity contribution < 1.29 is 33.6 Å². The average Bonchev–Trinajstić information content (AvgIpc) is 2.64. The Bertz CT molecular complexity index is 606. The molecular formula is C17H23NO7. The molecule has 0 aliphatic carbocycles. The van der Waals surface area contributed by atoms with Gasteiger partial charge in [0.2, 0.25) is 11.7 Å². The highest BCUT2D eigenvalue weighted by Gasteiger charge is 2.32. The van der Waals surface area contributed by atoms with E-state index in [1.165, 1.54) is 26.2 Å². The van der Waals surface area contributed by atoms with Crippen LogP contribution in [-0.2, 0) is 20.7 Å². The number of nitrogens with zero attached hydrogens (tertiary/aromatic N) is 1. The minimum absolute atomic E-state index is 0.0191. The van der Waals surface area contributed by atoms with Crippen LogP contribution in [0.15, 0.2) is 12.1 Å². The zero-order valence-corrected chi connectivity index (χ0v) is 14.6. The van der Waals surface area contributed by atoms with Crippen LogP contribution in [0.1, 0.15) is 12.0 Å². The number of benzene rings is 1. The summed E-state index contributed by atoms with van der Waals surface area (Å²) >= 11 is 0. The van der Waals surface area contributed by atoms with Gasteiger partial charge in [-0.15, -0.1) is 0 Å². The maximum atomic E-state index is 12.4. The molecule has 1 atom stereocenters. The zero-order valence-electron chi connectivity index (χ0n) is 14.6. The maximum absolute atomic E-state index is 12.4. The number of hydrogen-bond acceptors (Lipinski definition) is 6. The summed E-state index contributed by atoms with van der Waals surface area (Å²) in [5.74, 6) is 0.239. The summed E-state index contributed by atoms with van der Waals surface area (Å²) in [7, 11) is 4.57. The molecule has 1 amide bonds. The van der Waals surface area contributed by atoms with E-state index < -0.39 is 12.0 Å². The summed E-state index contributed by atoms with van der Waals surface area (Å²) in [5.41, 5.74) is 0.836. The van der Waals surface area contributed by atoms with Gasteiger partial charge in [-0.2, -0.15) is 0 Å². The van der Waals surface area contributed by atoms with Gasteiger partial charge in [0.05, 0.1) is 34.5 Å². The molecule has 1 saturated heterocycles. The van der Waals surface area contributed by atoms with Gasteiger partial charge in [-0.3, -0.25) is 4.79 Å². The number of carbonyl (C=O) groups is 2. The highest BCUT2D eigenvalue weighted by molar-refractivity contribution is 5.84. The molecule has 0 saturated carbocycles. The third-order valence-corrected chi connectivity index (χ3v) is 4.09. The first-order valence-electron chi connectivity index (χ1n) is 7.90. The molecule has 8 nitrogen and oxygen atoms in total. The van der Waals surface area contributed by atoms with Crippen molar-refractivity contribution in [3.63, 3.8) is 0 Å². The molecule has 1 aromatic rings. The molecule has 2 rings (SSSR count). The minimum atomic E-state index is -1.05. The van der Waals surface area contributed by atoms with E-state index in [4.69, 9.17) is 18.9 Å². The zero-order chi connectivity index (χ0) is 18.4. The van der Waals surface area contributed by atoms with Gasteiger partial charge in [-0.1, -0.05) is 0 Å². The highest BCUT2D eigenvalue weighted by Crippen LogP contribution is 2.38. The quantitative estimate of drug-likeness (QED) is 0.780. The number of ether oxygens (including phenoxy) is 4. The van der Waals surface area contributed by atoms with Crippen molar-refractivity contribution >= 4 is 11.9 Å². The number of amides is 1. The molecular weight excluding hydrogens is 330 g/mol. The van der Waals surface area contributed by atoms with Crippen LogP contribution in [0, 0.1) is 0 Å². The third kappa shape index (κ3) is 4.33. The largest absolute Gasteiger partial charge is 0.493 e. The molecule has 1 unspecified atom stereocenters. The molecule has 1 aliphatic rings. The summed E-state index contributed by atoms with van der Waals surface area (Å²) < 4.78 is 21.0. The number of methoxy groups -OCH3 is 3. The second kappa shape index (κ2) is 8.57. The van der Waals surface area contributed by atoms with E-state index in [2.05, 4.69) is 0 Å². The monoisotopic (exact) mass is 353 g/mol. The van der Waals surface area contributed by atoms with Crippen molar-refractivity contribution in [3.05, 3.63) is 17.7 Å². The molecule has 1 N–H and O–H groups in total. The van der Waals surface area contributed by atoms with Gasteiger partial charge in [0.15, 0.2) is 17.5 Å². The Morgan fingerprint density at radius 1 is 1.20 bits per heavy atom. The number of aryl methyl sites for hydroxylation is 1. The predicted molar refractivity (Wildman–Crippen MR) is 88.4 cm³/mol. The van der Waals surface area contributed by atoms with Crippen molar-refractivity contribution in [3.8, 4) is 17.2 Å². The Kier molecular flexibility index (Phi) is 6.46. The van der Waals surface area contributed by atoms with E-state index in [0.29, 0.717) is 30.3 Å². The molecule has 1 aliphatic heterocycles. The first kappa shape index (κ1) is 18.9. The Morgan fingerprint density at radius 3 is 2.36 bits per heavy atom. The molecule has 0 aromatic heterocycles. The lowest BCUT2D eigenvalue weighted by Crippen LogP contribution is -2.52. The summed E-state index contributed by atoms with van der Waals surface area (Å²) in [4.78, 5) is 25.1. The Morgan fingerprint density at radius 2 is 1.84 bits per heavy atom. The smallest absolute Gasteiger partial charge is 0.328 e. The lowest BCUT2D eigenvalue weighted by molar-refractivity contribution is -0.158. The SMILES string of the molecule is COc1cc(CCC(=O)N2CCOCC2C(=O)O)cc(OC)c1OC. The Labute approximate surface area is 146 Å². The molecule has 0 spiro atoms. The van der Waals surface area contributed by atoms with Gasteiger partial charge in [0, 0.05) is 13.0 Å². The van der Waals surface area contributed by atoms with Crippen LogP contribution in [0.3, 0.4) is 0 Å². The van der Waals surface area contributed by atoms with Gasteiger partial charge >= 0.3 is 5.97 Å². The average molecular weight is 353 g/mol. The van der Waals surface area contributed by atoms with Crippen molar-refractivity contribution in [2.45, 2.75) is 18.9 Å². The molecule has 0 bridgehead atoms. The van der Waals surface area contributed by atoms with Crippen molar-refractivity contribution in [1.29, 1.82) is 0 Å². The summed E-state index contributed by atoms with van der Waals surface area (Å²) in [6, 6.07) is 2.63. The molecule has 138 valence electrons. The minimum Gasteiger partial charge on any atom is -0.493 e. The lowest BCUT2D eigenvalue weighted by atomic mass is 10.1. The third-order valence-electron chi connectivity index (χ3n) is 4.09. The van der Waals surface area contributed by atoms with Crippen molar-refractivity contribution in [1.82, 2.24) is 4.90 Å².